The van der Waals surface area contributed by atoms with Crippen molar-refractivity contribution in [1.82, 2.24) is 25.3 Å². The summed E-state index contributed by atoms with van der Waals surface area (Å²) in [6.45, 7) is 1.86. The molecule has 3 N–H and O–H groups in total. The summed E-state index contributed by atoms with van der Waals surface area (Å²) < 4.78 is 35.9. The number of hydrogen-bond acceptors (Lipinski definition) is 9. The molecule has 0 bridgehead atoms. The van der Waals surface area contributed by atoms with Gasteiger partial charge in [0.05, 0.1) is 17.1 Å². The van der Waals surface area contributed by atoms with Crippen molar-refractivity contribution in [3.8, 4) is 23.0 Å². The molecule has 0 aliphatic carbocycles. The highest BCUT2D eigenvalue weighted by Gasteiger charge is 2.18. The van der Waals surface area contributed by atoms with Crippen LogP contribution in [0, 0.1) is 5.82 Å². The summed E-state index contributed by atoms with van der Waals surface area (Å²) in [6.07, 6.45) is 6.77. The Hall–Kier alpha value is -3.51. The van der Waals surface area contributed by atoms with Crippen molar-refractivity contribution in [2.24, 2.45) is 0 Å². The molecule has 12 heteroatoms. The van der Waals surface area contributed by atoms with Crippen LogP contribution in [0.15, 0.2) is 67.1 Å². The maximum absolute atomic E-state index is 14.9. The zero-order valence-corrected chi connectivity index (χ0v) is 21.8. The van der Waals surface area contributed by atoms with Gasteiger partial charge in [-0.3, -0.25) is 0 Å². The monoisotopic (exact) mass is 553 g/mol. The second-order valence-corrected chi connectivity index (χ2v) is 10.2. The number of nitrogens with zero attached hydrogens (tertiary/aromatic N) is 4. The fraction of sp³-hybridized carbons (Fsp3) is 0.231. The second kappa shape index (κ2) is 12.4. The minimum absolute atomic E-state index is 0.0748. The molecule has 5 rings (SSSR count). The molecule has 196 valence electrons. The lowest BCUT2D eigenvalue weighted by Crippen LogP contribution is -2.38. The summed E-state index contributed by atoms with van der Waals surface area (Å²) in [5.41, 5.74) is 1.69. The Labute approximate surface area is 227 Å². The predicted octanol–water partition coefficient (Wildman–Crippen LogP) is 4.96. The highest BCUT2D eigenvalue weighted by atomic mass is 35.5. The van der Waals surface area contributed by atoms with Crippen LogP contribution in [-0.4, -0.2) is 43.6 Å². The van der Waals surface area contributed by atoms with E-state index >= 15 is 0 Å². The van der Waals surface area contributed by atoms with Gasteiger partial charge < -0.3 is 19.9 Å². The fourth-order valence-corrected chi connectivity index (χ4v) is 5.26. The van der Waals surface area contributed by atoms with Gasteiger partial charge in [-0.05, 0) is 43.7 Å². The van der Waals surface area contributed by atoms with Crippen LogP contribution in [0.1, 0.15) is 18.4 Å². The minimum Gasteiger partial charge on any atom is -0.593 e. The van der Waals surface area contributed by atoms with Crippen LogP contribution in [0.5, 0.6) is 11.6 Å². The van der Waals surface area contributed by atoms with Crippen molar-refractivity contribution in [3.63, 3.8) is 0 Å². The van der Waals surface area contributed by atoms with E-state index < -0.39 is 17.2 Å². The summed E-state index contributed by atoms with van der Waals surface area (Å²) in [5, 5.41) is 7.20. The summed E-state index contributed by atoms with van der Waals surface area (Å²) in [7, 11) is 0. The third-order valence-electron chi connectivity index (χ3n) is 5.82. The van der Waals surface area contributed by atoms with E-state index in [0.717, 1.165) is 25.9 Å². The van der Waals surface area contributed by atoms with Gasteiger partial charge in [0, 0.05) is 47.8 Å². The van der Waals surface area contributed by atoms with E-state index in [0.29, 0.717) is 27.9 Å². The van der Waals surface area contributed by atoms with Gasteiger partial charge in [-0.25, -0.2) is 29.0 Å². The first kappa shape index (κ1) is 26.1. The Bertz CT molecular complexity index is 1390. The highest BCUT2D eigenvalue weighted by Crippen LogP contribution is 2.31. The molecule has 0 spiro atoms. The number of halogens is 2. The first-order valence-electron chi connectivity index (χ1n) is 12.0. The highest BCUT2D eigenvalue weighted by molar-refractivity contribution is 7.91. The molecule has 0 radical (unpaired) electrons. The molecule has 1 aliphatic rings. The minimum atomic E-state index is -1.58. The van der Waals surface area contributed by atoms with Crippen LogP contribution in [0.25, 0.3) is 11.4 Å². The average Bonchev–Trinajstić information content (AvgIpc) is 2.93. The Balaban J connectivity index is 1.28. The molecule has 3 heterocycles. The summed E-state index contributed by atoms with van der Waals surface area (Å²) >= 11 is 4.55. The second-order valence-electron chi connectivity index (χ2n) is 8.59. The van der Waals surface area contributed by atoms with Crippen molar-refractivity contribution in [3.05, 3.63) is 83.5 Å². The molecular formula is C26H25ClFN7O2S. The maximum Gasteiger partial charge on any atom is 0.247 e. The lowest BCUT2D eigenvalue weighted by molar-refractivity contribution is 0.457. The van der Waals surface area contributed by atoms with E-state index in [1.807, 2.05) is 0 Å². The Morgan fingerprint density at radius 3 is 2.79 bits per heavy atom. The zero-order valence-electron chi connectivity index (χ0n) is 20.2. The maximum atomic E-state index is 14.9. The Morgan fingerprint density at radius 1 is 1.11 bits per heavy atom. The average molecular weight is 554 g/mol. The fourth-order valence-electron chi connectivity index (χ4n) is 3.96. The first-order chi connectivity index (χ1) is 18.5. The van der Waals surface area contributed by atoms with Crippen LogP contribution in [0.3, 0.4) is 0 Å². The summed E-state index contributed by atoms with van der Waals surface area (Å²) in [5.74, 6) is 0.355. The SMILES string of the molecule is [O-][S+](Cc1ccccc1Cl)Nc1ccc(Oc2nccnc2-c2ccnc(NC3CCCNC3)n2)cc1F. The van der Waals surface area contributed by atoms with E-state index in [9.17, 15) is 8.94 Å². The van der Waals surface area contributed by atoms with Gasteiger partial charge in [-0.15, -0.1) is 0 Å². The third kappa shape index (κ3) is 6.67. The number of benzene rings is 2. The Kier molecular flexibility index (Phi) is 8.49. The van der Waals surface area contributed by atoms with Gasteiger partial charge in [-0.2, -0.15) is 0 Å². The van der Waals surface area contributed by atoms with E-state index in [2.05, 4.69) is 35.3 Å². The van der Waals surface area contributed by atoms with Crippen molar-refractivity contribution >= 4 is 34.6 Å². The molecule has 0 amide bonds. The van der Waals surface area contributed by atoms with Crippen molar-refractivity contribution in [2.75, 3.05) is 23.1 Å². The van der Waals surface area contributed by atoms with Crippen molar-refractivity contribution in [1.29, 1.82) is 0 Å². The van der Waals surface area contributed by atoms with Gasteiger partial charge >= 0.3 is 0 Å². The van der Waals surface area contributed by atoms with Crippen LogP contribution in [0.2, 0.25) is 5.02 Å². The van der Waals surface area contributed by atoms with Crippen LogP contribution < -0.4 is 20.1 Å². The molecule has 4 aromatic rings. The van der Waals surface area contributed by atoms with Crippen molar-refractivity contribution in [2.45, 2.75) is 24.6 Å². The molecule has 2 unspecified atom stereocenters. The zero-order chi connectivity index (χ0) is 26.3. The van der Waals surface area contributed by atoms with Gasteiger partial charge in [0.2, 0.25) is 11.8 Å². The quantitative estimate of drug-likeness (QED) is 0.247. The number of hydrogen-bond donors (Lipinski definition) is 3. The molecular weight excluding hydrogens is 529 g/mol. The van der Waals surface area contributed by atoms with E-state index in [1.165, 1.54) is 24.5 Å². The molecule has 38 heavy (non-hydrogen) atoms. The molecule has 2 aromatic heterocycles. The molecule has 2 aromatic carbocycles. The molecule has 0 saturated carbocycles. The number of aromatic nitrogens is 4. The van der Waals surface area contributed by atoms with Crippen LogP contribution in [0.4, 0.5) is 16.0 Å². The van der Waals surface area contributed by atoms with Gasteiger partial charge in [0.15, 0.2) is 17.3 Å². The molecule has 1 aliphatic heterocycles. The predicted molar refractivity (Wildman–Crippen MR) is 146 cm³/mol. The van der Waals surface area contributed by atoms with Gasteiger partial charge in [0.1, 0.15) is 11.4 Å². The molecule has 2 atom stereocenters. The van der Waals surface area contributed by atoms with Gasteiger partial charge in [0.25, 0.3) is 0 Å². The number of rotatable bonds is 9. The number of nitrogens with one attached hydrogen (secondary N) is 3. The topological polar surface area (TPSA) is 120 Å². The summed E-state index contributed by atoms with van der Waals surface area (Å²) in [4.78, 5) is 17.6. The van der Waals surface area contributed by atoms with Crippen molar-refractivity contribution < 1.29 is 13.7 Å². The Morgan fingerprint density at radius 2 is 1.97 bits per heavy atom. The van der Waals surface area contributed by atoms with E-state index in [1.54, 1.807) is 42.6 Å². The van der Waals surface area contributed by atoms with E-state index in [-0.39, 0.29) is 29.1 Å². The smallest absolute Gasteiger partial charge is 0.247 e. The molecule has 1 saturated heterocycles. The first-order valence-corrected chi connectivity index (χ1v) is 13.7. The largest absolute Gasteiger partial charge is 0.593 e. The van der Waals surface area contributed by atoms with E-state index in [4.69, 9.17) is 16.3 Å². The standard InChI is InChI=1S/C26H25ClFN7O2S/c27-20-6-2-1-4-17(20)16-38(36)35-22-8-7-19(14-21(22)28)37-25-24(30-12-13-31-25)23-9-11-32-26(34-23)33-18-5-3-10-29-15-18/h1-2,4,6-9,11-14,18,29,35H,3,5,10,15-16H2,(H,32,33,34). The number of ether oxygens (including phenoxy) is 1. The third-order valence-corrected chi connectivity index (χ3v) is 7.21. The summed E-state index contributed by atoms with van der Waals surface area (Å²) in [6, 6.07) is 13.2. The van der Waals surface area contributed by atoms with Gasteiger partial charge in [-0.1, -0.05) is 29.8 Å². The molecule has 9 nitrogen and oxygen atoms in total. The lowest BCUT2D eigenvalue weighted by Gasteiger charge is -2.23. The normalized spacial score (nSPS) is 16.0. The van der Waals surface area contributed by atoms with Crippen LogP contribution in [-0.2, 0) is 17.1 Å². The lowest BCUT2D eigenvalue weighted by atomic mass is 10.1. The molecule has 1 fully saturated rings. The van der Waals surface area contributed by atoms with Crippen LogP contribution >= 0.6 is 11.6 Å². The number of anilines is 2. The number of piperidine rings is 1.